The lowest BCUT2D eigenvalue weighted by atomic mass is 9.87. The molecule has 0 spiro atoms. The van der Waals surface area contributed by atoms with Gasteiger partial charge in [-0.2, -0.15) is 0 Å². The third-order valence-corrected chi connectivity index (χ3v) is 9.26. The molecule has 0 radical (unpaired) electrons. The van der Waals surface area contributed by atoms with Gasteiger partial charge in [-0.3, -0.25) is 9.59 Å². The van der Waals surface area contributed by atoms with E-state index in [4.69, 9.17) is 4.74 Å². The molecule has 1 aromatic heterocycles. The van der Waals surface area contributed by atoms with Crippen molar-refractivity contribution >= 4 is 38.1 Å². The number of ether oxygens (including phenoxy) is 1. The molecule has 2 aromatic rings. The molecule has 1 saturated carbocycles. The summed E-state index contributed by atoms with van der Waals surface area (Å²) in [5.41, 5.74) is 0.752. The highest BCUT2D eigenvalue weighted by Gasteiger charge is 2.37. The number of nitrogens with zero attached hydrogens (tertiary/aromatic N) is 2. The van der Waals surface area contributed by atoms with Crippen molar-refractivity contribution in [1.29, 1.82) is 0 Å². The third-order valence-electron chi connectivity index (χ3n) is 6.11. The first-order valence-corrected chi connectivity index (χ1v) is 13.0. The van der Waals surface area contributed by atoms with Crippen LogP contribution in [-0.4, -0.2) is 55.6 Å². The fraction of sp³-hybridized carbons (Fsp3) is 0.500. The lowest BCUT2D eigenvalue weighted by molar-refractivity contribution is -0.127. The van der Waals surface area contributed by atoms with E-state index >= 15 is 0 Å². The Morgan fingerprint density at radius 2 is 1.97 bits per heavy atom. The molecule has 4 rings (SSSR count). The van der Waals surface area contributed by atoms with E-state index in [2.05, 4.69) is 10.3 Å². The summed E-state index contributed by atoms with van der Waals surface area (Å²) in [4.78, 5) is 31.2. The van der Waals surface area contributed by atoms with Crippen molar-refractivity contribution in [2.45, 2.75) is 48.7 Å². The Morgan fingerprint density at radius 3 is 2.53 bits per heavy atom. The minimum atomic E-state index is -3.28. The monoisotopic (exact) mass is 477 g/mol. The van der Waals surface area contributed by atoms with Gasteiger partial charge in [-0.15, -0.1) is 0 Å². The van der Waals surface area contributed by atoms with E-state index in [-0.39, 0.29) is 23.0 Å². The number of methoxy groups -OCH3 is 1. The van der Waals surface area contributed by atoms with Crippen LogP contribution in [0.3, 0.4) is 0 Å². The molecule has 32 heavy (non-hydrogen) atoms. The number of likely N-dealkylation sites (tertiary alicyclic amines) is 1. The summed E-state index contributed by atoms with van der Waals surface area (Å²) in [6.07, 6.45) is 4.37. The van der Waals surface area contributed by atoms with E-state index in [1.165, 1.54) is 11.3 Å². The van der Waals surface area contributed by atoms with E-state index in [9.17, 15) is 18.0 Å². The van der Waals surface area contributed by atoms with Crippen molar-refractivity contribution in [2.24, 2.45) is 5.92 Å². The molecule has 2 atom stereocenters. The summed E-state index contributed by atoms with van der Waals surface area (Å²) < 4.78 is 30.2. The lowest BCUT2D eigenvalue weighted by Crippen LogP contribution is -2.27. The van der Waals surface area contributed by atoms with Crippen LogP contribution in [0, 0.1) is 5.92 Å². The van der Waals surface area contributed by atoms with Crippen molar-refractivity contribution in [3.8, 4) is 5.06 Å². The predicted octanol–water partition coefficient (Wildman–Crippen LogP) is 3.07. The molecule has 1 N–H and O–H groups in total. The van der Waals surface area contributed by atoms with Crippen LogP contribution < -0.4 is 10.1 Å². The highest BCUT2D eigenvalue weighted by molar-refractivity contribution is 7.92. The van der Waals surface area contributed by atoms with E-state index in [0.29, 0.717) is 47.4 Å². The number of hydrogen-bond acceptors (Lipinski definition) is 7. The lowest BCUT2D eigenvalue weighted by Gasteiger charge is -2.21. The van der Waals surface area contributed by atoms with Crippen LogP contribution in [0.4, 0.5) is 5.13 Å². The maximum absolute atomic E-state index is 13.2. The molecule has 172 valence electrons. The number of amides is 2. The summed E-state index contributed by atoms with van der Waals surface area (Å²) in [5, 5.41) is 3.63. The zero-order valence-electron chi connectivity index (χ0n) is 18.1. The fourth-order valence-corrected chi connectivity index (χ4v) is 6.40. The Hall–Kier alpha value is -2.46. The van der Waals surface area contributed by atoms with Crippen molar-refractivity contribution < 1.29 is 22.7 Å². The molecule has 1 saturated heterocycles. The van der Waals surface area contributed by atoms with Crippen LogP contribution in [-0.2, 0) is 19.4 Å². The van der Waals surface area contributed by atoms with Gasteiger partial charge in [0.15, 0.2) is 20.0 Å². The Labute approximate surface area is 191 Å². The number of aromatic nitrogens is 1. The summed E-state index contributed by atoms with van der Waals surface area (Å²) >= 11 is 1.24. The predicted molar refractivity (Wildman–Crippen MR) is 122 cm³/mol. The summed E-state index contributed by atoms with van der Waals surface area (Å²) in [6, 6.07) is 6.68. The van der Waals surface area contributed by atoms with Gasteiger partial charge in [0.2, 0.25) is 11.8 Å². The van der Waals surface area contributed by atoms with Crippen LogP contribution in [0.25, 0.3) is 0 Å². The zero-order chi connectivity index (χ0) is 22.9. The van der Waals surface area contributed by atoms with Gasteiger partial charge in [0, 0.05) is 20.0 Å². The molecule has 1 aliphatic heterocycles. The second-order valence-corrected chi connectivity index (χ2v) is 11.6. The molecular formula is C22H27N3O5S2. The maximum atomic E-state index is 13.2. The van der Waals surface area contributed by atoms with Gasteiger partial charge in [-0.25, -0.2) is 13.4 Å². The van der Waals surface area contributed by atoms with Gasteiger partial charge < -0.3 is 15.0 Å². The van der Waals surface area contributed by atoms with Gasteiger partial charge in [0.05, 0.1) is 29.4 Å². The first-order valence-electron chi connectivity index (χ1n) is 10.7. The maximum Gasteiger partial charge on any atom is 0.233 e. The molecular weight excluding hydrogens is 450 g/mol. The molecule has 2 aliphatic rings. The van der Waals surface area contributed by atoms with E-state index in [0.717, 1.165) is 12.0 Å². The van der Waals surface area contributed by atoms with Crippen molar-refractivity contribution in [3.05, 3.63) is 36.0 Å². The minimum absolute atomic E-state index is 0.0398. The number of rotatable bonds is 8. The number of sulfone groups is 1. The largest absolute Gasteiger partial charge is 0.486 e. The van der Waals surface area contributed by atoms with Crippen LogP contribution in [0.5, 0.6) is 5.06 Å². The van der Waals surface area contributed by atoms with Gasteiger partial charge >= 0.3 is 0 Å². The second-order valence-electron chi connectivity index (χ2n) is 8.40. The molecule has 1 aliphatic carbocycles. The standard InChI is InChI=1S/C22H27N3O5S2/c1-14(26)25-10-9-15(13-25)11-19(21(27)24-22-23-12-20(30-2)31-22)16-3-5-17(6-4-16)32(28,29)18-7-8-18/h3-6,12,15,18-19H,7-11,13H2,1-2H3,(H,23,24,27). The third kappa shape index (κ3) is 4.96. The molecule has 10 heteroatoms. The van der Waals surface area contributed by atoms with Crippen LogP contribution in [0.2, 0.25) is 0 Å². The molecule has 8 nitrogen and oxygen atoms in total. The molecule has 2 heterocycles. The second kappa shape index (κ2) is 9.19. The van der Waals surface area contributed by atoms with Crippen LogP contribution in [0.1, 0.15) is 44.1 Å². The normalized spacial score (nSPS) is 19.6. The Morgan fingerprint density at radius 1 is 1.25 bits per heavy atom. The highest BCUT2D eigenvalue weighted by Crippen LogP contribution is 2.36. The van der Waals surface area contributed by atoms with Gasteiger partial charge in [-0.05, 0) is 49.3 Å². The average Bonchev–Trinajstić information content (AvgIpc) is 3.37. The van der Waals surface area contributed by atoms with E-state index < -0.39 is 15.8 Å². The number of thiazole rings is 1. The summed E-state index contributed by atoms with van der Waals surface area (Å²) in [5.74, 6) is -0.464. The summed E-state index contributed by atoms with van der Waals surface area (Å²) in [7, 11) is -1.74. The summed E-state index contributed by atoms with van der Waals surface area (Å²) in [6.45, 7) is 2.87. The smallest absolute Gasteiger partial charge is 0.233 e. The SMILES string of the molecule is COc1cnc(NC(=O)C(CC2CCN(C(C)=O)C2)c2ccc(S(=O)(=O)C3CC3)cc2)s1. The minimum Gasteiger partial charge on any atom is -0.486 e. The van der Waals surface area contributed by atoms with Gasteiger partial charge in [-0.1, -0.05) is 23.5 Å². The van der Waals surface area contributed by atoms with Crippen LogP contribution >= 0.6 is 11.3 Å². The Bertz CT molecular complexity index is 1090. The fourth-order valence-electron chi connectivity index (χ4n) is 4.10. The number of anilines is 1. The number of nitrogens with one attached hydrogen (secondary N) is 1. The van der Waals surface area contributed by atoms with E-state index in [1.54, 1.807) is 49.4 Å². The van der Waals surface area contributed by atoms with Crippen molar-refractivity contribution in [1.82, 2.24) is 9.88 Å². The van der Waals surface area contributed by atoms with Crippen LogP contribution in [0.15, 0.2) is 35.4 Å². The van der Waals surface area contributed by atoms with Crippen molar-refractivity contribution in [2.75, 3.05) is 25.5 Å². The topological polar surface area (TPSA) is 106 Å². The molecule has 0 bridgehead atoms. The number of benzene rings is 1. The molecule has 2 fully saturated rings. The zero-order valence-corrected chi connectivity index (χ0v) is 19.7. The average molecular weight is 478 g/mol. The molecule has 2 unspecified atom stereocenters. The first kappa shape index (κ1) is 22.7. The van der Waals surface area contributed by atoms with E-state index in [1.807, 2.05) is 0 Å². The number of carbonyl (C=O) groups excluding carboxylic acids is 2. The van der Waals surface area contributed by atoms with Crippen molar-refractivity contribution in [3.63, 3.8) is 0 Å². The molecule has 2 amide bonds. The number of carbonyl (C=O) groups is 2. The van der Waals surface area contributed by atoms with Gasteiger partial charge in [0.1, 0.15) is 0 Å². The Kier molecular flexibility index (Phi) is 6.52. The first-order chi connectivity index (χ1) is 15.3. The number of hydrogen-bond donors (Lipinski definition) is 1. The Balaban J connectivity index is 1.55. The van der Waals surface area contributed by atoms with Gasteiger partial charge in [0.25, 0.3) is 0 Å². The molecule has 1 aromatic carbocycles. The quantitative estimate of drug-likeness (QED) is 0.626. The highest BCUT2D eigenvalue weighted by atomic mass is 32.2.